The second-order valence-electron chi connectivity index (χ2n) is 5.81. The van der Waals surface area contributed by atoms with Gasteiger partial charge in [0.1, 0.15) is 0 Å². The highest BCUT2D eigenvalue weighted by atomic mass is 16.2. The zero-order chi connectivity index (χ0) is 13.2. The Bertz CT molecular complexity index is 456. The number of amides is 1. The fraction of sp³-hybridized carbons (Fsp3) is 0.714. The van der Waals surface area contributed by atoms with Gasteiger partial charge in [-0.1, -0.05) is 6.42 Å². The molecule has 3 rings (SSSR count). The predicted octanol–water partition coefficient (Wildman–Crippen LogP) is 0.792. The van der Waals surface area contributed by atoms with E-state index in [4.69, 9.17) is 0 Å². The van der Waals surface area contributed by atoms with Crippen molar-refractivity contribution in [2.24, 2.45) is 5.92 Å². The van der Waals surface area contributed by atoms with E-state index in [0.29, 0.717) is 6.04 Å². The van der Waals surface area contributed by atoms with Crippen LogP contribution in [0.1, 0.15) is 25.0 Å². The minimum absolute atomic E-state index is 0.187. The molecule has 2 saturated heterocycles. The van der Waals surface area contributed by atoms with Gasteiger partial charge in [-0.25, -0.2) is 0 Å². The van der Waals surface area contributed by atoms with Gasteiger partial charge < -0.3 is 5.32 Å². The molecular weight excluding hydrogens is 240 g/mol. The summed E-state index contributed by atoms with van der Waals surface area (Å²) in [6.07, 6.45) is 5.37. The monoisotopic (exact) mass is 262 g/mol. The first-order chi connectivity index (χ1) is 9.20. The summed E-state index contributed by atoms with van der Waals surface area (Å²) in [6.45, 7) is 5.78. The van der Waals surface area contributed by atoms with E-state index < -0.39 is 0 Å². The van der Waals surface area contributed by atoms with E-state index in [0.717, 1.165) is 44.7 Å². The summed E-state index contributed by atoms with van der Waals surface area (Å²) in [7, 11) is 0. The Kier molecular flexibility index (Phi) is 3.55. The van der Waals surface area contributed by atoms with Gasteiger partial charge >= 0.3 is 0 Å². The molecule has 5 heteroatoms. The van der Waals surface area contributed by atoms with Crippen LogP contribution in [0.3, 0.4) is 0 Å². The maximum Gasteiger partial charge on any atom is 0.224 e. The normalized spacial score (nSPS) is 27.9. The molecule has 0 spiro atoms. The first-order valence-corrected chi connectivity index (χ1v) is 7.23. The number of hydrogen-bond acceptors (Lipinski definition) is 3. The summed E-state index contributed by atoms with van der Waals surface area (Å²) >= 11 is 0. The molecule has 5 nitrogen and oxygen atoms in total. The van der Waals surface area contributed by atoms with Crippen LogP contribution in [0.4, 0.5) is 0 Å². The lowest BCUT2D eigenvalue weighted by Crippen LogP contribution is -2.40. The lowest BCUT2D eigenvalue weighted by atomic mass is 9.99. The largest absolute Gasteiger partial charge is 0.352 e. The number of aryl methyl sites for hydroxylation is 1. The standard InChI is InChI=1S/C14H22N4O/c1-11-5-6-18(16-11)8-7-17-9-12-3-2-4-13(10-17)15-14(12)19/h5-6,12-13H,2-4,7-10H2,1H3,(H,15,19)/t12-,13+/m1/s1. The molecule has 1 aromatic rings. The molecule has 2 aliphatic heterocycles. The van der Waals surface area contributed by atoms with Crippen LogP contribution in [0.2, 0.25) is 0 Å². The van der Waals surface area contributed by atoms with E-state index in [-0.39, 0.29) is 11.8 Å². The van der Waals surface area contributed by atoms with Crippen molar-refractivity contribution in [3.05, 3.63) is 18.0 Å². The van der Waals surface area contributed by atoms with E-state index in [1.54, 1.807) is 0 Å². The highest BCUT2D eigenvalue weighted by molar-refractivity contribution is 5.79. The van der Waals surface area contributed by atoms with Gasteiger partial charge in [-0.05, 0) is 25.8 Å². The van der Waals surface area contributed by atoms with Crippen molar-refractivity contribution in [3.8, 4) is 0 Å². The molecule has 0 aromatic carbocycles. The number of rotatable bonds is 3. The molecule has 0 radical (unpaired) electrons. The Morgan fingerprint density at radius 1 is 1.37 bits per heavy atom. The topological polar surface area (TPSA) is 50.2 Å². The third kappa shape index (κ3) is 2.97. The van der Waals surface area contributed by atoms with Crippen molar-refractivity contribution in [2.75, 3.05) is 19.6 Å². The Labute approximate surface area is 114 Å². The summed E-state index contributed by atoms with van der Waals surface area (Å²) in [4.78, 5) is 14.4. The van der Waals surface area contributed by atoms with Crippen molar-refractivity contribution in [1.82, 2.24) is 20.0 Å². The Hall–Kier alpha value is -1.36. The molecular formula is C14H22N4O. The van der Waals surface area contributed by atoms with Gasteiger partial charge in [0.05, 0.1) is 18.2 Å². The first-order valence-electron chi connectivity index (χ1n) is 7.23. The third-order valence-electron chi connectivity index (χ3n) is 4.20. The van der Waals surface area contributed by atoms with Gasteiger partial charge in [0.2, 0.25) is 5.91 Å². The molecule has 1 aromatic heterocycles. The van der Waals surface area contributed by atoms with Crippen LogP contribution in [0.15, 0.2) is 12.3 Å². The number of nitrogens with zero attached hydrogens (tertiary/aromatic N) is 3. The molecule has 2 atom stereocenters. The lowest BCUT2D eigenvalue weighted by Gasteiger charge is -2.27. The van der Waals surface area contributed by atoms with Crippen LogP contribution in [-0.4, -0.2) is 46.3 Å². The number of carbonyl (C=O) groups excluding carboxylic acids is 1. The van der Waals surface area contributed by atoms with Crippen LogP contribution in [0.25, 0.3) is 0 Å². The lowest BCUT2D eigenvalue weighted by molar-refractivity contribution is -0.124. The van der Waals surface area contributed by atoms with Gasteiger partial charge in [0, 0.05) is 31.9 Å². The van der Waals surface area contributed by atoms with Gasteiger partial charge in [0.15, 0.2) is 0 Å². The first kappa shape index (κ1) is 12.7. The van der Waals surface area contributed by atoms with E-state index in [2.05, 4.69) is 15.3 Å². The fourth-order valence-electron chi connectivity index (χ4n) is 3.16. The molecule has 19 heavy (non-hydrogen) atoms. The Balaban J connectivity index is 1.60. The molecule has 1 N–H and O–H groups in total. The van der Waals surface area contributed by atoms with Gasteiger partial charge in [-0.15, -0.1) is 0 Å². The smallest absolute Gasteiger partial charge is 0.224 e. The molecule has 0 unspecified atom stereocenters. The van der Waals surface area contributed by atoms with E-state index in [1.165, 1.54) is 6.42 Å². The predicted molar refractivity (Wildman–Crippen MR) is 72.7 cm³/mol. The van der Waals surface area contributed by atoms with Crippen molar-refractivity contribution in [2.45, 2.75) is 38.8 Å². The van der Waals surface area contributed by atoms with Crippen LogP contribution in [0, 0.1) is 12.8 Å². The summed E-state index contributed by atoms with van der Waals surface area (Å²) in [5.74, 6) is 0.451. The van der Waals surface area contributed by atoms with E-state index in [1.807, 2.05) is 23.9 Å². The zero-order valence-electron chi connectivity index (χ0n) is 11.5. The maximum atomic E-state index is 12.0. The second-order valence-corrected chi connectivity index (χ2v) is 5.81. The number of aromatic nitrogens is 2. The molecule has 3 heterocycles. The Morgan fingerprint density at radius 3 is 3.05 bits per heavy atom. The minimum atomic E-state index is 0.187. The van der Waals surface area contributed by atoms with Crippen molar-refractivity contribution >= 4 is 5.91 Å². The number of likely N-dealkylation sites (tertiary alicyclic amines) is 1. The summed E-state index contributed by atoms with van der Waals surface area (Å²) in [6, 6.07) is 2.38. The highest BCUT2D eigenvalue weighted by Crippen LogP contribution is 2.21. The number of fused-ring (bicyclic) bond motifs is 3. The molecule has 2 fully saturated rings. The maximum absolute atomic E-state index is 12.0. The third-order valence-corrected chi connectivity index (χ3v) is 4.20. The molecule has 2 bridgehead atoms. The fourth-order valence-corrected chi connectivity index (χ4v) is 3.16. The average molecular weight is 262 g/mol. The van der Waals surface area contributed by atoms with Crippen LogP contribution in [0.5, 0.6) is 0 Å². The van der Waals surface area contributed by atoms with E-state index >= 15 is 0 Å². The molecule has 0 saturated carbocycles. The minimum Gasteiger partial charge on any atom is -0.352 e. The van der Waals surface area contributed by atoms with Crippen LogP contribution < -0.4 is 5.32 Å². The van der Waals surface area contributed by atoms with Gasteiger partial charge in [0.25, 0.3) is 0 Å². The second kappa shape index (κ2) is 5.33. The molecule has 2 aliphatic rings. The molecule has 1 amide bonds. The SMILES string of the molecule is Cc1ccn(CCN2C[C@@H]3CCC[C@H](C2)C(=O)N3)n1. The van der Waals surface area contributed by atoms with E-state index in [9.17, 15) is 4.79 Å². The average Bonchev–Trinajstić information content (AvgIpc) is 2.60. The number of hydrogen-bond donors (Lipinski definition) is 1. The van der Waals surface area contributed by atoms with Crippen molar-refractivity contribution in [1.29, 1.82) is 0 Å². The quantitative estimate of drug-likeness (QED) is 0.876. The van der Waals surface area contributed by atoms with Gasteiger partial charge in [-0.3, -0.25) is 14.4 Å². The van der Waals surface area contributed by atoms with Crippen molar-refractivity contribution in [3.63, 3.8) is 0 Å². The van der Waals surface area contributed by atoms with Crippen LogP contribution >= 0.6 is 0 Å². The number of carbonyl (C=O) groups is 1. The van der Waals surface area contributed by atoms with Gasteiger partial charge in [-0.2, -0.15) is 5.10 Å². The summed E-state index contributed by atoms with van der Waals surface area (Å²) in [5, 5.41) is 7.58. The zero-order valence-corrected chi connectivity index (χ0v) is 11.5. The summed E-state index contributed by atoms with van der Waals surface area (Å²) in [5.41, 5.74) is 1.06. The highest BCUT2D eigenvalue weighted by Gasteiger charge is 2.32. The van der Waals surface area contributed by atoms with Crippen molar-refractivity contribution < 1.29 is 4.79 Å². The van der Waals surface area contributed by atoms with Crippen LogP contribution in [-0.2, 0) is 11.3 Å². The molecule has 0 aliphatic carbocycles. The Morgan fingerprint density at radius 2 is 2.26 bits per heavy atom. The number of nitrogens with one attached hydrogen (secondary N) is 1. The summed E-state index contributed by atoms with van der Waals surface area (Å²) < 4.78 is 1.99. The molecule has 104 valence electrons.